The molecule has 0 aromatic rings. The summed E-state index contributed by atoms with van der Waals surface area (Å²) in [5, 5.41) is 0. The second-order valence-electron chi connectivity index (χ2n) is 4.83. The Kier molecular flexibility index (Phi) is 5.02. The molecule has 5 nitrogen and oxygen atoms in total. The zero-order valence-corrected chi connectivity index (χ0v) is 10.6. The van der Waals surface area contributed by atoms with Crippen LogP contribution in [0.3, 0.4) is 0 Å². The van der Waals surface area contributed by atoms with Crippen molar-refractivity contribution in [3.63, 3.8) is 0 Å². The van der Waals surface area contributed by atoms with E-state index < -0.39 is 0 Å². The van der Waals surface area contributed by atoms with E-state index in [-0.39, 0.29) is 6.03 Å². The predicted octanol–water partition coefficient (Wildman–Crippen LogP) is 0.0229. The maximum atomic E-state index is 11.0. The van der Waals surface area contributed by atoms with Gasteiger partial charge >= 0.3 is 6.03 Å². The molecule has 0 aliphatic carbocycles. The summed E-state index contributed by atoms with van der Waals surface area (Å²) in [6, 6.07) is 0.0137. The van der Waals surface area contributed by atoms with Crippen LogP contribution in [-0.2, 0) is 0 Å². The van der Waals surface area contributed by atoms with Crippen molar-refractivity contribution in [3.8, 4) is 0 Å². The zero-order chi connectivity index (χ0) is 12.1. The van der Waals surface area contributed by atoms with Crippen LogP contribution in [0.1, 0.15) is 12.8 Å². The molecule has 94 valence electrons. The van der Waals surface area contributed by atoms with Gasteiger partial charge in [0.15, 0.2) is 0 Å². The van der Waals surface area contributed by atoms with Gasteiger partial charge in [-0.2, -0.15) is 0 Å². The lowest BCUT2D eigenvalue weighted by molar-refractivity contribution is 0.134. The van der Waals surface area contributed by atoms with Crippen LogP contribution in [0.15, 0.2) is 0 Å². The van der Waals surface area contributed by atoms with E-state index in [9.17, 15) is 4.79 Å². The molecule has 0 aromatic heterocycles. The Morgan fingerprint density at radius 2 is 1.88 bits per heavy atom. The first-order chi connectivity index (χ1) is 7.50. The monoisotopic (exact) mass is 228 g/mol. The Balaban J connectivity index is 2.25. The highest BCUT2D eigenvalue weighted by Crippen LogP contribution is 2.14. The first kappa shape index (κ1) is 13.3. The summed E-state index contributed by atoms with van der Waals surface area (Å²) in [5.41, 5.74) is 5.27. The van der Waals surface area contributed by atoms with E-state index in [1.54, 1.807) is 11.9 Å². The quantitative estimate of drug-likeness (QED) is 0.738. The third-order valence-electron chi connectivity index (χ3n) is 3.32. The molecule has 0 radical (unpaired) electrons. The molecule has 16 heavy (non-hydrogen) atoms. The highest BCUT2D eigenvalue weighted by molar-refractivity contribution is 5.72. The minimum atomic E-state index is -0.313. The number of piperidine rings is 1. The largest absolute Gasteiger partial charge is 0.351 e. The molecule has 1 heterocycles. The van der Waals surface area contributed by atoms with Crippen LogP contribution in [0.25, 0.3) is 0 Å². The molecule has 0 atom stereocenters. The second-order valence-corrected chi connectivity index (χ2v) is 4.83. The standard InChI is InChI=1S/C11H24N4O/c1-13(2)8-9-15-6-4-10(5-7-15)14(3)11(12)16/h10H,4-9H2,1-3H3,(H2,12,16). The third-order valence-corrected chi connectivity index (χ3v) is 3.32. The van der Waals surface area contributed by atoms with Gasteiger partial charge in [0.25, 0.3) is 0 Å². The Bertz CT molecular complexity index is 224. The highest BCUT2D eigenvalue weighted by atomic mass is 16.2. The first-order valence-electron chi connectivity index (χ1n) is 5.90. The zero-order valence-electron chi connectivity index (χ0n) is 10.6. The molecular weight excluding hydrogens is 204 g/mol. The number of urea groups is 1. The van der Waals surface area contributed by atoms with Gasteiger partial charge in [0.1, 0.15) is 0 Å². The molecule has 1 fully saturated rings. The van der Waals surface area contributed by atoms with Gasteiger partial charge in [0, 0.05) is 39.3 Å². The lowest BCUT2D eigenvalue weighted by Gasteiger charge is -2.36. The van der Waals surface area contributed by atoms with E-state index in [0.29, 0.717) is 6.04 Å². The van der Waals surface area contributed by atoms with E-state index in [2.05, 4.69) is 23.9 Å². The first-order valence-corrected chi connectivity index (χ1v) is 5.90. The molecule has 2 N–H and O–H groups in total. The fourth-order valence-corrected chi connectivity index (χ4v) is 2.05. The Morgan fingerprint density at radius 3 is 2.31 bits per heavy atom. The van der Waals surface area contributed by atoms with Crippen molar-refractivity contribution in [1.82, 2.24) is 14.7 Å². The maximum absolute atomic E-state index is 11.0. The Morgan fingerprint density at radius 1 is 1.31 bits per heavy atom. The number of likely N-dealkylation sites (N-methyl/N-ethyl adjacent to an activating group) is 1. The average molecular weight is 228 g/mol. The summed E-state index contributed by atoms with van der Waals surface area (Å²) in [7, 11) is 5.98. The molecule has 1 aliphatic heterocycles. The van der Waals surface area contributed by atoms with Crippen molar-refractivity contribution in [2.24, 2.45) is 5.73 Å². The smallest absolute Gasteiger partial charge is 0.314 e. The molecule has 1 saturated heterocycles. The number of primary amides is 1. The summed E-state index contributed by atoms with van der Waals surface area (Å²) in [6.07, 6.45) is 2.07. The normalized spacial score (nSPS) is 19.0. The van der Waals surface area contributed by atoms with Crippen LogP contribution in [0.2, 0.25) is 0 Å². The molecule has 0 saturated carbocycles. The molecule has 1 rings (SSSR count). The van der Waals surface area contributed by atoms with Gasteiger partial charge in [-0.05, 0) is 26.9 Å². The second kappa shape index (κ2) is 6.06. The van der Waals surface area contributed by atoms with Gasteiger partial charge < -0.3 is 20.4 Å². The summed E-state index contributed by atoms with van der Waals surface area (Å²) < 4.78 is 0. The lowest BCUT2D eigenvalue weighted by Crippen LogP contribution is -2.48. The predicted molar refractivity (Wildman–Crippen MR) is 65.4 cm³/mol. The number of carbonyl (C=O) groups excluding carboxylic acids is 1. The van der Waals surface area contributed by atoms with E-state index in [4.69, 9.17) is 5.73 Å². The molecule has 0 aromatic carbocycles. The number of rotatable bonds is 4. The van der Waals surface area contributed by atoms with Crippen LogP contribution >= 0.6 is 0 Å². The SMILES string of the molecule is CN(C)CCN1CCC(N(C)C(N)=O)CC1. The number of carbonyl (C=O) groups is 1. The number of amides is 2. The number of likely N-dealkylation sites (tertiary alicyclic amines) is 1. The average Bonchev–Trinajstić information content (AvgIpc) is 2.26. The van der Waals surface area contributed by atoms with Gasteiger partial charge in [-0.25, -0.2) is 4.79 Å². The van der Waals surface area contributed by atoms with Crippen molar-refractivity contribution < 1.29 is 4.79 Å². The van der Waals surface area contributed by atoms with Crippen molar-refractivity contribution >= 4 is 6.03 Å². The number of nitrogens with zero attached hydrogens (tertiary/aromatic N) is 3. The van der Waals surface area contributed by atoms with Crippen LogP contribution in [0.4, 0.5) is 4.79 Å². The van der Waals surface area contributed by atoms with Gasteiger partial charge in [-0.1, -0.05) is 0 Å². The fourth-order valence-electron chi connectivity index (χ4n) is 2.05. The van der Waals surface area contributed by atoms with E-state index in [1.165, 1.54) is 0 Å². The van der Waals surface area contributed by atoms with Crippen LogP contribution in [0, 0.1) is 0 Å². The summed E-state index contributed by atoms with van der Waals surface area (Å²) >= 11 is 0. The molecule has 0 spiro atoms. The third kappa shape index (κ3) is 3.98. The molecule has 5 heteroatoms. The van der Waals surface area contributed by atoms with Gasteiger partial charge in [0.05, 0.1) is 0 Å². The fraction of sp³-hybridized carbons (Fsp3) is 0.909. The van der Waals surface area contributed by atoms with Crippen molar-refractivity contribution in [1.29, 1.82) is 0 Å². The van der Waals surface area contributed by atoms with E-state index in [1.807, 2.05) is 0 Å². The molecule has 0 unspecified atom stereocenters. The van der Waals surface area contributed by atoms with E-state index in [0.717, 1.165) is 39.0 Å². The topological polar surface area (TPSA) is 52.8 Å². The summed E-state index contributed by atoms with van der Waals surface area (Å²) in [5.74, 6) is 0. The minimum Gasteiger partial charge on any atom is -0.351 e. The van der Waals surface area contributed by atoms with Crippen molar-refractivity contribution in [2.75, 3.05) is 47.3 Å². The van der Waals surface area contributed by atoms with Gasteiger partial charge in [-0.3, -0.25) is 0 Å². The molecule has 1 aliphatic rings. The Labute approximate surface area is 98.2 Å². The van der Waals surface area contributed by atoms with Crippen LogP contribution in [-0.4, -0.2) is 74.1 Å². The Hall–Kier alpha value is -0.810. The van der Waals surface area contributed by atoms with Crippen molar-refractivity contribution in [2.45, 2.75) is 18.9 Å². The molecular formula is C11H24N4O. The van der Waals surface area contributed by atoms with Gasteiger partial charge in [0.2, 0.25) is 0 Å². The molecule has 2 amide bonds. The molecule has 0 bridgehead atoms. The lowest BCUT2D eigenvalue weighted by atomic mass is 10.0. The number of hydrogen-bond donors (Lipinski definition) is 1. The van der Waals surface area contributed by atoms with Crippen LogP contribution < -0.4 is 5.73 Å². The number of hydrogen-bond acceptors (Lipinski definition) is 3. The van der Waals surface area contributed by atoms with E-state index >= 15 is 0 Å². The number of nitrogens with two attached hydrogens (primary N) is 1. The highest BCUT2D eigenvalue weighted by Gasteiger charge is 2.23. The minimum absolute atomic E-state index is 0.313. The van der Waals surface area contributed by atoms with Crippen molar-refractivity contribution in [3.05, 3.63) is 0 Å². The maximum Gasteiger partial charge on any atom is 0.314 e. The summed E-state index contributed by atoms with van der Waals surface area (Å²) in [4.78, 5) is 17.3. The van der Waals surface area contributed by atoms with Gasteiger partial charge in [-0.15, -0.1) is 0 Å². The summed E-state index contributed by atoms with van der Waals surface area (Å²) in [6.45, 7) is 4.34. The van der Waals surface area contributed by atoms with Crippen LogP contribution in [0.5, 0.6) is 0 Å².